The fourth-order valence-corrected chi connectivity index (χ4v) is 3.65. The molecule has 148 valence electrons. The fourth-order valence-electron chi connectivity index (χ4n) is 3.65. The Kier molecular flexibility index (Phi) is 7.06. The molecule has 0 aromatic heterocycles. The predicted octanol–water partition coefficient (Wildman–Crippen LogP) is 3.36. The molecule has 3 N–H and O–H groups in total. The van der Waals surface area contributed by atoms with Crippen molar-refractivity contribution in [3.63, 3.8) is 0 Å². The number of ether oxygens (including phenoxy) is 1. The summed E-state index contributed by atoms with van der Waals surface area (Å²) >= 11 is 0. The van der Waals surface area contributed by atoms with E-state index >= 15 is 0 Å². The highest BCUT2D eigenvalue weighted by atomic mass is 16.5. The molecule has 2 amide bonds. The van der Waals surface area contributed by atoms with Crippen LogP contribution in [0.3, 0.4) is 0 Å². The summed E-state index contributed by atoms with van der Waals surface area (Å²) in [5.74, 6) is 0.603. The first-order valence-corrected chi connectivity index (χ1v) is 9.94. The molecule has 0 bridgehead atoms. The maximum atomic E-state index is 12.2. The first kappa shape index (κ1) is 19.9. The standard InChI is InChI=1S/C23H28N2O3/c24-23(27)21(25-22(26)15-17-6-4-5-7-17)14-18-10-12-20(13-11-18)28-16-19-8-2-1-3-9-19/h1-3,8-13,17,21H,4-7,14-16H2,(H2,24,27)(H,25,26)/t21-/m0/s1. The summed E-state index contributed by atoms with van der Waals surface area (Å²) in [5.41, 5.74) is 7.53. The second kappa shape index (κ2) is 9.93. The van der Waals surface area contributed by atoms with Crippen molar-refractivity contribution in [1.82, 2.24) is 5.32 Å². The van der Waals surface area contributed by atoms with Gasteiger partial charge in [0.05, 0.1) is 0 Å². The minimum absolute atomic E-state index is 0.0847. The van der Waals surface area contributed by atoms with Crippen molar-refractivity contribution in [3.05, 3.63) is 65.7 Å². The van der Waals surface area contributed by atoms with Crippen LogP contribution in [-0.2, 0) is 22.6 Å². The van der Waals surface area contributed by atoms with Crippen LogP contribution >= 0.6 is 0 Å². The number of hydrogen-bond acceptors (Lipinski definition) is 3. The molecule has 0 radical (unpaired) electrons. The van der Waals surface area contributed by atoms with E-state index in [1.807, 2.05) is 54.6 Å². The number of primary amides is 1. The molecule has 2 aromatic rings. The minimum atomic E-state index is -0.690. The summed E-state index contributed by atoms with van der Waals surface area (Å²) in [6.07, 6.45) is 5.44. The average molecular weight is 380 g/mol. The van der Waals surface area contributed by atoms with E-state index in [9.17, 15) is 9.59 Å². The Balaban J connectivity index is 1.51. The molecule has 1 aliphatic rings. The van der Waals surface area contributed by atoms with Gasteiger partial charge < -0.3 is 15.8 Å². The highest BCUT2D eigenvalue weighted by Crippen LogP contribution is 2.27. The third-order valence-corrected chi connectivity index (χ3v) is 5.24. The van der Waals surface area contributed by atoms with Crippen molar-refractivity contribution >= 4 is 11.8 Å². The van der Waals surface area contributed by atoms with Gasteiger partial charge in [-0.2, -0.15) is 0 Å². The van der Waals surface area contributed by atoms with Crippen LogP contribution in [0.2, 0.25) is 0 Å². The van der Waals surface area contributed by atoms with Gasteiger partial charge in [-0.25, -0.2) is 0 Å². The van der Waals surface area contributed by atoms with Gasteiger partial charge in [0.25, 0.3) is 0 Å². The Labute approximate surface area is 166 Å². The molecular formula is C23H28N2O3. The quantitative estimate of drug-likeness (QED) is 0.700. The van der Waals surface area contributed by atoms with E-state index in [-0.39, 0.29) is 5.91 Å². The Morgan fingerprint density at radius 2 is 1.68 bits per heavy atom. The van der Waals surface area contributed by atoms with E-state index in [0.717, 1.165) is 29.7 Å². The summed E-state index contributed by atoms with van der Waals surface area (Å²) in [7, 11) is 0. The van der Waals surface area contributed by atoms with Crippen LogP contribution in [0.25, 0.3) is 0 Å². The van der Waals surface area contributed by atoms with E-state index in [1.54, 1.807) is 0 Å². The molecule has 3 rings (SSSR count). The largest absolute Gasteiger partial charge is 0.489 e. The minimum Gasteiger partial charge on any atom is -0.489 e. The van der Waals surface area contributed by atoms with Crippen molar-refractivity contribution in [2.24, 2.45) is 11.7 Å². The molecule has 5 heteroatoms. The lowest BCUT2D eigenvalue weighted by Crippen LogP contribution is -2.46. The summed E-state index contributed by atoms with van der Waals surface area (Å²) in [5, 5.41) is 2.81. The zero-order chi connectivity index (χ0) is 19.8. The molecule has 0 saturated heterocycles. The van der Waals surface area contributed by atoms with Gasteiger partial charge in [-0.05, 0) is 42.0 Å². The van der Waals surface area contributed by atoms with Crippen LogP contribution in [0.15, 0.2) is 54.6 Å². The number of nitrogens with two attached hydrogens (primary N) is 1. The van der Waals surface area contributed by atoms with Gasteiger partial charge in [0, 0.05) is 12.8 Å². The van der Waals surface area contributed by atoms with Gasteiger partial charge in [0.15, 0.2) is 0 Å². The molecule has 0 unspecified atom stereocenters. The zero-order valence-corrected chi connectivity index (χ0v) is 16.1. The van der Waals surface area contributed by atoms with E-state index in [2.05, 4.69) is 5.32 Å². The SMILES string of the molecule is NC(=O)[C@H](Cc1ccc(OCc2ccccc2)cc1)NC(=O)CC1CCCC1. The van der Waals surface area contributed by atoms with Crippen molar-refractivity contribution in [2.75, 3.05) is 0 Å². The first-order chi connectivity index (χ1) is 13.6. The number of carbonyl (C=O) groups is 2. The topological polar surface area (TPSA) is 81.4 Å². The third kappa shape index (κ3) is 6.12. The van der Waals surface area contributed by atoms with Gasteiger partial charge in [0.1, 0.15) is 18.4 Å². The lowest BCUT2D eigenvalue weighted by atomic mass is 10.0. The molecule has 0 aliphatic heterocycles. The number of nitrogens with one attached hydrogen (secondary N) is 1. The lowest BCUT2D eigenvalue weighted by Gasteiger charge is -2.17. The monoisotopic (exact) mass is 380 g/mol. The first-order valence-electron chi connectivity index (χ1n) is 9.94. The van der Waals surface area contributed by atoms with Crippen LogP contribution in [0, 0.1) is 5.92 Å². The number of hydrogen-bond donors (Lipinski definition) is 2. The zero-order valence-electron chi connectivity index (χ0n) is 16.1. The summed E-state index contributed by atoms with van der Waals surface area (Å²) in [6, 6.07) is 16.8. The smallest absolute Gasteiger partial charge is 0.240 e. The number of benzene rings is 2. The summed E-state index contributed by atoms with van der Waals surface area (Å²) in [6.45, 7) is 0.501. The van der Waals surface area contributed by atoms with Crippen molar-refractivity contribution in [2.45, 2.75) is 51.2 Å². The normalized spacial score (nSPS) is 15.1. The molecule has 1 aliphatic carbocycles. The van der Waals surface area contributed by atoms with Crippen molar-refractivity contribution < 1.29 is 14.3 Å². The van der Waals surface area contributed by atoms with Crippen LogP contribution in [0.1, 0.15) is 43.2 Å². The molecule has 1 fully saturated rings. The van der Waals surface area contributed by atoms with Crippen LogP contribution in [0.4, 0.5) is 0 Å². The Bertz CT molecular complexity index is 768. The Hall–Kier alpha value is -2.82. The number of amides is 2. The molecule has 28 heavy (non-hydrogen) atoms. The lowest BCUT2D eigenvalue weighted by molar-refractivity contribution is -0.127. The summed E-state index contributed by atoms with van der Waals surface area (Å²) < 4.78 is 5.78. The maximum absolute atomic E-state index is 12.2. The Morgan fingerprint density at radius 1 is 1.00 bits per heavy atom. The van der Waals surface area contributed by atoms with E-state index in [4.69, 9.17) is 10.5 Å². The fraction of sp³-hybridized carbons (Fsp3) is 0.391. The third-order valence-electron chi connectivity index (χ3n) is 5.24. The second-order valence-electron chi connectivity index (χ2n) is 7.50. The Morgan fingerprint density at radius 3 is 2.32 bits per heavy atom. The highest BCUT2D eigenvalue weighted by Gasteiger charge is 2.22. The molecule has 1 atom stereocenters. The van der Waals surface area contributed by atoms with E-state index in [1.165, 1.54) is 12.8 Å². The van der Waals surface area contributed by atoms with Crippen molar-refractivity contribution in [1.29, 1.82) is 0 Å². The van der Waals surface area contributed by atoms with E-state index < -0.39 is 11.9 Å². The molecule has 5 nitrogen and oxygen atoms in total. The number of rotatable bonds is 9. The van der Waals surface area contributed by atoms with Gasteiger partial charge in [-0.3, -0.25) is 9.59 Å². The van der Waals surface area contributed by atoms with Crippen LogP contribution in [0.5, 0.6) is 5.75 Å². The second-order valence-corrected chi connectivity index (χ2v) is 7.50. The van der Waals surface area contributed by atoms with Gasteiger partial charge in [-0.15, -0.1) is 0 Å². The maximum Gasteiger partial charge on any atom is 0.240 e. The average Bonchev–Trinajstić information content (AvgIpc) is 3.20. The molecule has 0 spiro atoms. The van der Waals surface area contributed by atoms with E-state index in [0.29, 0.717) is 25.4 Å². The van der Waals surface area contributed by atoms with Crippen LogP contribution in [-0.4, -0.2) is 17.9 Å². The molecular weight excluding hydrogens is 352 g/mol. The molecule has 2 aromatic carbocycles. The van der Waals surface area contributed by atoms with Crippen LogP contribution < -0.4 is 15.8 Å². The molecule has 1 saturated carbocycles. The molecule has 0 heterocycles. The predicted molar refractivity (Wildman–Crippen MR) is 109 cm³/mol. The highest BCUT2D eigenvalue weighted by molar-refractivity contribution is 5.86. The summed E-state index contributed by atoms with van der Waals surface area (Å²) in [4.78, 5) is 24.0. The van der Waals surface area contributed by atoms with Gasteiger partial charge >= 0.3 is 0 Å². The van der Waals surface area contributed by atoms with Gasteiger partial charge in [0.2, 0.25) is 11.8 Å². The van der Waals surface area contributed by atoms with Gasteiger partial charge in [-0.1, -0.05) is 55.3 Å². The number of carbonyl (C=O) groups excluding carboxylic acids is 2. The van der Waals surface area contributed by atoms with Crippen molar-refractivity contribution in [3.8, 4) is 5.75 Å².